The van der Waals surface area contributed by atoms with Crippen LogP contribution in [0.4, 0.5) is 4.39 Å². The molecule has 2 N–H and O–H groups in total. The first-order valence-corrected chi connectivity index (χ1v) is 5.88. The van der Waals surface area contributed by atoms with E-state index in [2.05, 4.69) is 0 Å². The van der Waals surface area contributed by atoms with E-state index in [4.69, 9.17) is 10.5 Å². The number of ether oxygens (including phenoxy) is 1. The van der Waals surface area contributed by atoms with Crippen LogP contribution in [-0.2, 0) is 0 Å². The summed E-state index contributed by atoms with van der Waals surface area (Å²) in [6, 6.07) is 14.1. The van der Waals surface area contributed by atoms with Gasteiger partial charge in [0.1, 0.15) is 17.7 Å². The van der Waals surface area contributed by atoms with Crippen LogP contribution in [0, 0.1) is 12.7 Å². The normalized spacial score (nSPS) is 12.2. The first kappa shape index (κ1) is 12.6. The van der Waals surface area contributed by atoms with Gasteiger partial charge >= 0.3 is 0 Å². The Kier molecular flexibility index (Phi) is 3.95. The maximum Gasteiger partial charge on any atom is 0.136 e. The summed E-state index contributed by atoms with van der Waals surface area (Å²) < 4.78 is 18.8. The Morgan fingerprint density at radius 3 is 2.50 bits per heavy atom. The fourth-order valence-corrected chi connectivity index (χ4v) is 1.74. The molecular formula is C15H16FNO. The Hall–Kier alpha value is -1.87. The molecule has 0 saturated heterocycles. The van der Waals surface area contributed by atoms with Crippen LogP contribution in [-0.4, -0.2) is 6.54 Å². The van der Waals surface area contributed by atoms with E-state index in [0.29, 0.717) is 12.3 Å². The van der Waals surface area contributed by atoms with E-state index < -0.39 is 0 Å². The van der Waals surface area contributed by atoms with Gasteiger partial charge in [0.25, 0.3) is 0 Å². The molecule has 0 radical (unpaired) electrons. The van der Waals surface area contributed by atoms with Crippen LogP contribution in [0.2, 0.25) is 0 Å². The van der Waals surface area contributed by atoms with Gasteiger partial charge in [0, 0.05) is 12.6 Å². The summed E-state index contributed by atoms with van der Waals surface area (Å²) in [6.45, 7) is 2.37. The minimum Gasteiger partial charge on any atom is -0.484 e. The lowest BCUT2D eigenvalue weighted by Gasteiger charge is -2.18. The second kappa shape index (κ2) is 5.65. The van der Waals surface area contributed by atoms with Gasteiger partial charge < -0.3 is 10.5 Å². The molecule has 0 bridgehead atoms. The number of nitrogens with two attached hydrogens (primary N) is 1. The van der Waals surface area contributed by atoms with Crippen molar-refractivity contribution in [3.05, 3.63) is 65.5 Å². The molecular weight excluding hydrogens is 229 g/mol. The average molecular weight is 245 g/mol. The maximum absolute atomic E-state index is 13.1. The largest absolute Gasteiger partial charge is 0.484 e. The summed E-state index contributed by atoms with van der Waals surface area (Å²) in [5, 5.41) is 0. The van der Waals surface area contributed by atoms with E-state index in [1.54, 1.807) is 12.1 Å². The van der Waals surface area contributed by atoms with Gasteiger partial charge in [-0.05, 0) is 24.6 Å². The molecule has 1 unspecified atom stereocenters. The van der Waals surface area contributed by atoms with Crippen molar-refractivity contribution in [1.82, 2.24) is 0 Å². The Labute approximate surface area is 106 Å². The summed E-state index contributed by atoms with van der Waals surface area (Å²) in [6.07, 6.45) is -0.257. The zero-order valence-electron chi connectivity index (χ0n) is 10.3. The fraction of sp³-hybridized carbons (Fsp3) is 0.200. The highest BCUT2D eigenvalue weighted by Crippen LogP contribution is 2.22. The van der Waals surface area contributed by atoms with Crippen molar-refractivity contribution in [2.45, 2.75) is 13.0 Å². The lowest BCUT2D eigenvalue weighted by molar-refractivity contribution is 0.213. The van der Waals surface area contributed by atoms with Crippen LogP contribution in [0.3, 0.4) is 0 Å². The summed E-state index contributed by atoms with van der Waals surface area (Å²) in [4.78, 5) is 0. The molecule has 0 amide bonds. The van der Waals surface area contributed by atoms with E-state index in [9.17, 15) is 4.39 Å². The summed E-state index contributed by atoms with van der Waals surface area (Å²) in [5.41, 5.74) is 7.88. The average Bonchev–Trinajstić information content (AvgIpc) is 2.37. The fourth-order valence-electron chi connectivity index (χ4n) is 1.74. The number of halogens is 1. The van der Waals surface area contributed by atoms with Gasteiger partial charge in [-0.1, -0.05) is 35.9 Å². The predicted octanol–water partition coefficient (Wildman–Crippen LogP) is 3.21. The zero-order chi connectivity index (χ0) is 13.0. The number of rotatable bonds is 4. The van der Waals surface area contributed by atoms with Gasteiger partial charge in [-0.2, -0.15) is 0 Å². The summed E-state index contributed by atoms with van der Waals surface area (Å²) in [7, 11) is 0. The molecule has 1 atom stereocenters. The second-order valence-electron chi connectivity index (χ2n) is 4.21. The molecule has 0 aliphatic carbocycles. The highest BCUT2D eigenvalue weighted by molar-refractivity contribution is 5.27. The number of hydrogen-bond acceptors (Lipinski definition) is 2. The molecule has 3 heteroatoms. The molecule has 0 aromatic heterocycles. The third-order valence-corrected chi connectivity index (χ3v) is 2.74. The number of aryl methyl sites for hydroxylation is 1. The minimum atomic E-state index is -0.313. The molecule has 18 heavy (non-hydrogen) atoms. The molecule has 0 saturated carbocycles. The summed E-state index contributed by atoms with van der Waals surface area (Å²) >= 11 is 0. The first-order chi connectivity index (χ1) is 8.69. The van der Waals surface area contributed by atoms with Gasteiger partial charge in [0.2, 0.25) is 0 Å². The van der Waals surface area contributed by atoms with Crippen molar-refractivity contribution in [2.75, 3.05) is 6.54 Å². The third kappa shape index (κ3) is 3.08. The molecule has 2 aromatic carbocycles. The van der Waals surface area contributed by atoms with Crippen molar-refractivity contribution in [3.8, 4) is 5.75 Å². The van der Waals surface area contributed by atoms with Crippen molar-refractivity contribution in [3.63, 3.8) is 0 Å². The van der Waals surface area contributed by atoms with Crippen LogP contribution in [0.25, 0.3) is 0 Å². The monoisotopic (exact) mass is 245 g/mol. The maximum atomic E-state index is 13.1. The van der Waals surface area contributed by atoms with E-state index in [1.165, 1.54) is 17.7 Å². The Balaban J connectivity index is 2.17. The number of benzene rings is 2. The predicted molar refractivity (Wildman–Crippen MR) is 70.0 cm³/mol. The van der Waals surface area contributed by atoms with Crippen LogP contribution in [0.5, 0.6) is 5.75 Å². The lowest BCUT2D eigenvalue weighted by atomic mass is 10.1. The third-order valence-electron chi connectivity index (χ3n) is 2.74. The summed E-state index contributed by atoms with van der Waals surface area (Å²) in [5.74, 6) is 0.179. The first-order valence-electron chi connectivity index (χ1n) is 5.88. The van der Waals surface area contributed by atoms with Crippen LogP contribution >= 0.6 is 0 Å². The molecule has 0 fully saturated rings. The van der Waals surface area contributed by atoms with E-state index in [-0.39, 0.29) is 11.9 Å². The zero-order valence-corrected chi connectivity index (χ0v) is 10.3. The Morgan fingerprint density at radius 1 is 1.17 bits per heavy atom. The molecule has 94 valence electrons. The highest BCUT2D eigenvalue weighted by atomic mass is 19.1. The molecule has 0 heterocycles. The van der Waals surface area contributed by atoms with E-state index in [0.717, 1.165) is 5.56 Å². The molecule has 0 aliphatic heterocycles. The molecule has 0 aliphatic rings. The van der Waals surface area contributed by atoms with Gasteiger partial charge in [0.05, 0.1) is 0 Å². The molecule has 0 spiro atoms. The smallest absolute Gasteiger partial charge is 0.136 e. The molecule has 2 aromatic rings. The van der Waals surface area contributed by atoms with Gasteiger partial charge in [0.15, 0.2) is 0 Å². The van der Waals surface area contributed by atoms with Crippen LogP contribution in [0.1, 0.15) is 17.2 Å². The Morgan fingerprint density at radius 2 is 1.89 bits per heavy atom. The van der Waals surface area contributed by atoms with Crippen LogP contribution < -0.4 is 10.5 Å². The van der Waals surface area contributed by atoms with Crippen molar-refractivity contribution in [1.29, 1.82) is 0 Å². The molecule has 2 nitrogen and oxygen atoms in total. The SMILES string of the molecule is Cc1ccc(C(CN)Oc2cccc(F)c2)cc1. The minimum absolute atomic E-state index is 0.257. The van der Waals surface area contributed by atoms with Crippen LogP contribution in [0.15, 0.2) is 48.5 Å². The molecule has 2 rings (SSSR count). The quantitative estimate of drug-likeness (QED) is 0.897. The number of hydrogen-bond donors (Lipinski definition) is 1. The van der Waals surface area contributed by atoms with Gasteiger partial charge in [-0.15, -0.1) is 0 Å². The van der Waals surface area contributed by atoms with Crippen molar-refractivity contribution >= 4 is 0 Å². The highest BCUT2D eigenvalue weighted by Gasteiger charge is 2.11. The van der Waals surface area contributed by atoms with Crippen molar-refractivity contribution < 1.29 is 9.13 Å². The topological polar surface area (TPSA) is 35.2 Å². The lowest BCUT2D eigenvalue weighted by Crippen LogP contribution is -2.18. The Bertz CT molecular complexity index is 510. The van der Waals surface area contributed by atoms with Gasteiger partial charge in [-0.25, -0.2) is 4.39 Å². The van der Waals surface area contributed by atoms with Gasteiger partial charge in [-0.3, -0.25) is 0 Å². The standard InChI is InChI=1S/C15H16FNO/c1-11-5-7-12(8-6-11)15(10-17)18-14-4-2-3-13(16)9-14/h2-9,15H,10,17H2,1H3. The second-order valence-corrected chi connectivity index (χ2v) is 4.21. The van der Waals surface area contributed by atoms with E-state index >= 15 is 0 Å². The van der Waals surface area contributed by atoms with Crippen molar-refractivity contribution in [2.24, 2.45) is 5.73 Å². The van der Waals surface area contributed by atoms with E-state index in [1.807, 2.05) is 31.2 Å².